The molecule has 0 aromatic heterocycles. The molecule has 15 heavy (non-hydrogen) atoms. The molecule has 3 heteroatoms. The van der Waals surface area contributed by atoms with Gasteiger partial charge in [0.05, 0.1) is 20.3 Å². The largest absolute Gasteiger partial charge is 0.496 e. The molecule has 1 heterocycles. The molecule has 1 aliphatic heterocycles. The average molecular weight is 208 g/mol. The number of benzene rings is 1. The van der Waals surface area contributed by atoms with Crippen LogP contribution < -0.4 is 4.74 Å². The summed E-state index contributed by atoms with van der Waals surface area (Å²) in [6.07, 6.45) is 0. The Morgan fingerprint density at radius 2 is 1.93 bits per heavy atom. The van der Waals surface area contributed by atoms with E-state index in [1.54, 1.807) is 7.11 Å². The van der Waals surface area contributed by atoms with Crippen LogP contribution in [0.1, 0.15) is 16.7 Å². The van der Waals surface area contributed by atoms with Crippen molar-refractivity contribution in [3.05, 3.63) is 28.8 Å². The highest BCUT2D eigenvalue weighted by atomic mass is 16.5. The number of rotatable bonds is 2. The summed E-state index contributed by atoms with van der Waals surface area (Å²) in [7, 11) is 1.66. The maximum Gasteiger partial charge on any atom is 0.136 e. The Kier molecular flexibility index (Phi) is 2.44. The van der Waals surface area contributed by atoms with Crippen molar-refractivity contribution in [1.29, 1.82) is 0 Å². The zero-order valence-corrected chi connectivity index (χ0v) is 9.33. The summed E-state index contributed by atoms with van der Waals surface area (Å²) in [4.78, 5) is 0. The Labute approximate surface area is 89.6 Å². The molecule has 0 amide bonds. The van der Waals surface area contributed by atoms with E-state index in [9.17, 15) is 5.11 Å². The minimum Gasteiger partial charge on any atom is -0.496 e. The van der Waals surface area contributed by atoms with E-state index in [1.807, 2.05) is 26.0 Å². The summed E-state index contributed by atoms with van der Waals surface area (Å²) in [6.45, 7) is 4.73. The first kappa shape index (κ1) is 10.5. The zero-order valence-electron chi connectivity index (χ0n) is 9.33. The van der Waals surface area contributed by atoms with Crippen molar-refractivity contribution < 1.29 is 14.6 Å². The fourth-order valence-electron chi connectivity index (χ4n) is 1.96. The molecular weight excluding hydrogens is 192 g/mol. The summed E-state index contributed by atoms with van der Waals surface area (Å²) in [6, 6.07) is 3.94. The number of ether oxygens (including phenoxy) is 2. The number of aliphatic hydroxyl groups is 1. The predicted molar refractivity (Wildman–Crippen MR) is 57.2 cm³/mol. The molecule has 1 aromatic rings. The second-order valence-corrected chi connectivity index (χ2v) is 4.16. The predicted octanol–water partition coefficient (Wildman–Crippen LogP) is 1.53. The van der Waals surface area contributed by atoms with Crippen molar-refractivity contribution >= 4 is 0 Å². The van der Waals surface area contributed by atoms with Crippen LogP contribution in [-0.2, 0) is 10.3 Å². The molecule has 0 radical (unpaired) electrons. The van der Waals surface area contributed by atoms with Crippen LogP contribution in [0.5, 0.6) is 5.75 Å². The van der Waals surface area contributed by atoms with E-state index in [2.05, 4.69) is 0 Å². The van der Waals surface area contributed by atoms with Gasteiger partial charge in [0, 0.05) is 0 Å². The highest BCUT2D eigenvalue weighted by Crippen LogP contribution is 2.34. The van der Waals surface area contributed by atoms with Crippen molar-refractivity contribution in [2.24, 2.45) is 0 Å². The van der Waals surface area contributed by atoms with Gasteiger partial charge in [-0.15, -0.1) is 0 Å². The Hall–Kier alpha value is -1.06. The van der Waals surface area contributed by atoms with E-state index < -0.39 is 5.60 Å². The van der Waals surface area contributed by atoms with Gasteiger partial charge < -0.3 is 14.6 Å². The molecule has 2 rings (SSSR count). The molecule has 0 bridgehead atoms. The van der Waals surface area contributed by atoms with Crippen molar-refractivity contribution in [2.45, 2.75) is 19.4 Å². The Bertz CT molecular complexity index is 381. The minimum atomic E-state index is -0.791. The lowest BCUT2D eigenvalue weighted by molar-refractivity contribution is -0.185. The fourth-order valence-corrected chi connectivity index (χ4v) is 1.96. The van der Waals surface area contributed by atoms with Crippen molar-refractivity contribution in [3.63, 3.8) is 0 Å². The number of hydrogen-bond acceptors (Lipinski definition) is 3. The third-order valence-corrected chi connectivity index (χ3v) is 2.92. The minimum absolute atomic E-state index is 0.389. The van der Waals surface area contributed by atoms with Crippen LogP contribution in [0.15, 0.2) is 12.1 Å². The van der Waals surface area contributed by atoms with Gasteiger partial charge >= 0.3 is 0 Å². The van der Waals surface area contributed by atoms with E-state index in [0.29, 0.717) is 13.2 Å². The lowest BCUT2D eigenvalue weighted by atomic mass is 9.87. The number of aryl methyl sites for hydroxylation is 2. The highest BCUT2D eigenvalue weighted by molar-refractivity contribution is 5.44. The molecule has 1 N–H and O–H groups in total. The molecule has 0 saturated carbocycles. The summed E-state index contributed by atoms with van der Waals surface area (Å²) in [5, 5.41) is 10.2. The molecule has 0 aliphatic carbocycles. The van der Waals surface area contributed by atoms with Crippen molar-refractivity contribution in [1.82, 2.24) is 0 Å². The monoisotopic (exact) mass is 208 g/mol. The van der Waals surface area contributed by atoms with Gasteiger partial charge in [-0.05, 0) is 42.7 Å². The van der Waals surface area contributed by atoms with Gasteiger partial charge in [-0.25, -0.2) is 0 Å². The molecule has 1 aromatic carbocycles. The van der Waals surface area contributed by atoms with Crippen LogP contribution in [0.3, 0.4) is 0 Å². The van der Waals surface area contributed by atoms with Crippen LogP contribution in [0, 0.1) is 13.8 Å². The van der Waals surface area contributed by atoms with Crippen LogP contribution in [0.2, 0.25) is 0 Å². The van der Waals surface area contributed by atoms with Crippen molar-refractivity contribution in [2.75, 3.05) is 20.3 Å². The third kappa shape index (κ3) is 1.62. The first-order chi connectivity index (χ1) is 7.07. The van der Waals surface area contributed by atoms with E-state index in [-0.39, 0.29) is 0 Å². The maximum absolute atomic E-state index is 10.2. The molecule has 1 saturated heterocycles. The summed E-state index contributed by atoms with van der Waals surface area (Å²) >= 11 is 0. The molecule has 0 spiro atoms. The SMILES string of the molecule is COc1cc(C)c(C2(O)COC2)cc1C. The van der Waals surface area contributed by atoms with Crippen LogP contribution in [0.25, 0.3) is 0 Å². The highest BCUT2D eigenvalue weighted by Gasteiger charge is 2.39. The first-order valence-corrected chi connectivity index (χ1v) is 5.03. The van der Waals surface area contributed by atoms with Gasteiger partial charge in [-0.2, -0.15) is 0 Å². The van der Waals surface area contributed by atoms with E-state index in [1.165, 1.54) is 0 Å². The topological polar surface area (TPSA) is 38.7 Å². The zero-order chi connectivity index (χ0) is 11.1. The van der Waals surface area contributed by atoms with Gasteiger partial charge in [0.1, 0.15) is 11.4 Å². The Morgan fingerprint density at radius 3 is 2.40 bits per heavy atom. The standard InChI is InChI=1S/C12H16O3/c1-8-5-11(14-3)9(2)4-10(8)12(13)6-15-7-12/h4-5,13H,6-7H2,1-3H3. The molecule has 1 fully saturated rings. The van der Waals surface area contributed by atoms with Crippen LogP contribution in [0.4, 0.5) is 0 Å². The van der Waals surface area contributed by atoms with E-state index >= 15 is 0 Å². The molecule has 3 nitrogen and oxygen atoms in total. The Morgan fingerprint density at radius 1 is 1.27 bits per heavy atom. The lowest BCUT2D eigenvalue weighted by Crippen LogP contribution is -2.47. The summed E-state index contributed by atoms with van der Waals surface area (Å²) in [5.74, 6) is 0.861. The van der Waals surface area contributed by atoms with Crippen LogP contribution in [-0.4, -0.2) is 25.4 Å². The molecular formula is C12H16O3. The summed E-state index contributed by atoms with van der Waals surface area (Å²) in [5.41, 5.74) is 2.25. The van der Waals surface area contributed by atoms with Gasteiger partial charge in [0.15, 0.2) is 0 Å². The number of methoxy groups -OCH3 is 1. The van der Waals surface area contributed by atoms with Gasteiger partial charge in [-0.3, -0.25) is 0 Å². The number of hydrogen-bond donors (Lipinski definition) is 1. The van der Waals surface area contributed by atoms with Gasteiger partial charge in [0.25, 0.3) is 0 Å². The molecule has 1 aliphatic rings. The normalized spacial score (nSPS) is 18.4. The van der Waals surface area contributed by atoms with Crippen molar-refractivity contribution in [3.8, 4) is 5.75 Å². The first-order valence-electron chi connectivity index (χ1n) is 5.03. The smallest absolute Gasteiger partial charge is 0.136 e. The average Bonchev–Trinajstić information content (AvgIpc) is 2.17. The maximum atomic E-state index is 10.2. The molecule has 0 unspecified atom stereocenters. The van der Waals surface area contributed by atoms with Gasteiger partial charge in [-0.1, -0.05) is 0 Å². The molecule has 82 valence electrons. The van der Waals surface area contributed by atoms with Crippen LogP contribution >= 0.6 is 0 Å². The fraction of sp³-hybridized carbons (Fsp3) is 0.500. The van der Waals surface area contributed by atoms with Gasteiger partial charge in [0.2, 0.25) is 0 Å². The quantitative estimate of drug-likeness (QED) is 0.801. The second kappa shape index (κ2) is 3.51. The molecule has 0 atom stereocenters. The third-order valence-electron chi connectivity index (χ3n) is 2.92. The van der Waals surface area contributed by atoms with E-state index in [0.717, 1.165) is 22.4 Å². The summed E-state index contributed by atoms with van der Waals surface area (Å²) < 4.78 is 10.3. The Balaban J connectivity index is 2.45. The van der Waals surface area contributed by atoms with E-state index in [4.69, 9.17) is 9.47 Å². The second-order valence-electron chi connectivity index (χ2n) is 4.16. The lowest BCUT2D eigenvalue weighted by Gasteiger charge is -2.38.